The van der Waals surface area contributed by atoms with Crippen molar-refractivity contribution < 1.29 is 23.8 Å². The molecule has 0 aliphatic carbocycles. The number of rotatable bonds is 6. The number of methoxy groups -OCH3 is 1. The number of amides is 1. The molecule has 1 aromatic heterocycles. The van der Waals surface area contributed by atoms with Crippen molar-refractivity contribution in [3.05, 3.63) is 64.9 Å². The molecule has 1 N–H and O–H groups in total. The van der Waals surface area contributed by atoms with Crippen LogP contribution in [0.4, 0.5) is 5.69 Å². The quantitative estimate of drug-likeness (QED) is 0.604. The standard InChI is InChI=1S/C23H22ClNO5/c1-23(2,27)13-29-18-9-8-17(11-20(18)28-3)25-12-15-10-19(30-21(15)22(25)26)14-4-6-16(24)7-5-14/h4-11,27H,12-13H2,1-3H3. The molecule has 1 aliphatic heterocycles. The van der Waals surface area contributed by atoms with E-state index >= 15 is 0 Å². The number of anilines is 1. The fourth-order valence-electron chi connectivity index (χ4n) is 3.25. The van der Waals surface area contributed by atoms with Crippen LogP contribution in [-0.2, 0) is 6.54 Å². The SMILES string of the molecule is COc1cc(N2Cc3cc(-c4ccc(Cl)cc4)oc3C2=O)ccc1OCC(C)(C)O. The first-order chi connectivity index (χ1) is 14.2. The Bertz CT molecular complexity index is 1080. The number of ether oxygens (including phenoxy) is 2. The van der Waals surface area contributed by atoms with E-state index in [1.165, 1.54) is 7.11 Å². The van der Waals surface area contributed by atoms with Gasteiger partial charge in [-0.15, -0.1) is 0 Å². The van der Waals surface area contributed by atoms with Crippen molar-refractivity contribution in [1.82, 2.24) is 0 Å². The van der Waals surface area contributed by atoms with Gasteiger partial charge in [-0.25, -0.2) is 0 Å². The Labute approximate surface area is 179 Å². The number of carbonyl (C=O) groups excluding carboxylic acids is 1. The molecule has 0 saturated carbocycles. The normalized spacial score (nSPS) is 13.5. The van der Waals surface area contributed by atoms with E-state index in [2.05, 4.69) is 0 Å². The lowest BCUT2D eigenvalue weighted by atomic mass is 10.1. The Balaban J connectivity index is 1.55. The molecule has 0 saturated heterocycles. The van der Waals surface area contributed by atoms with Gasteiger partial charge < -0.3 is 23.9 Å². The highest BCUT2D eigenvalue weighted by Gasteiger charge is 2.33. The summed E-state index contributed by atoms with van der Waals surface area (Å²) in [5.74, 6) is 1.74. The number of aliphatic hydroxyl groups is 1. The second kappa shape index (κ2) is 7.70. The third-order valence-electron chi connectivity index (χ3n) is 4.75. The number of carbonyl (C=O) groups is 1. The molecule has 0 bridgehead atoms. The van der Waals surface area contributed by atoms with Crippen LogP contribution in [0.15, 0.2) is 52.9 Å². The molecular formula is C23H22ClNO5. The minimum Gasteiger partial charge on any atom is -0.493 e. The van der Waals surface area contributed by atoms with Crippen molar-refractivity contribution in [3.63, 3.8) is 0 Å². The Kier molecular flexibility index (Phi) is 5.22. The van der Waals surface area contributed by atoms with Crippen molar-refractivity contribution in [2.24, 2.45) is 0 Å². The zero-order valence-corrected chi connectivity index (χ0v) is 17.7. The molecule has 7 heteroatoms. The van der Waals surface area contributed by atoms with Crippen molar-refractivity contribution in [1.29, 1.82) is 0 Å². The number of hydrogen-bond acceptors (Lipinski definition) is 5. The molecule has 3 aromatic rings. The first-order valence-corrected chi connectivity index (χ1v) is 9.87. The van der Waals surface area contributed by atoms with E-state index in [4.69, 9.17) is 25.5 Å². The molecule has 0 atom stereocenters. The number of nitrogens with zero attached hydrogens (tertiary/aromatic N) is 1. The molecule has 156 valence electrons. The maximum Gasteiger partial charge on any atom is 0.294 e. The molecule has 4 rings (SSSR count). The molecule has 30 heavy (non-hydrogen) atoms. The summed E-state index contributed by atoms with van der Waals surface area (Å²) < 4.78 is 16.9. The van der Waals surface area contributed by atoms with Crippen LogP contribution < -0.4 is 14.4 Å². The lowest BCUT2D eigenvalue weighted by Crippen LogP contribution is -2.28. The zero-order valence-electron chi connectivity index (χ0n) is 16.9. The highest BCUT2D eigenvalue weighted by Crippen LogP contribution is 2.38. The maximum atomic E-state index is 12.9. The van der Waals surface area contributed by atoms with Gasteiger partial charge in [0.25, 0.3) is 5.91 Å². The minimum atomic E-state index is -0.967. The second-order valence-electron chi connectivity index (χ2n) is 7.80. The van der Waals surface area contributed by atoms with Gasteiger partial charge in [-0.05, 0) is 56.3 Å². The molecule has 1 amide bonds. The highest BCUT2D eigenvalue weighted by molar-refractivity contribution is 6.30. The van der Waals surface area contributed by atoms with Crippen LogP contribution in [0, 0.1) is 0 Å². The van der Waals surface area contributed by atoms with Gasteiger partial charge in [-0.1, -0.05) is 11.6 Å². The molecule has 6 nitrogen and oxygen atoms in total. The first kappa shape index (κ1) is 20.3. The Morgan fingerprint density at radius 2 is 1.87 bits per heavy atom. The van der Waals surface area contributed by atoms with Crippen LogP contribution in [0.3, 0.4) is 0 Å². The molecule has 0 fully saturated rings. The number of benzene rings is 2. The van der Waals surface area contributed by atoms with Gasteiger partial charge in [0.2, 0.25) is 0 Å². The first-order valence-electron chi connectivity index (χ1n) is 9.49. The monoisotopic (exact) mass is 427 g/mol. The number of fused-ring (bicyclic) bond motifs is 1. The zero-order chi connectivity index (χ0) is 21.5. The van der Waals surface area contributed by atoms with Gasteiger partial charge in [0.1, 0.15) is 12.4 Å². The van der Waals surface area contributed by atoms with E-state index in [1.807, 2.05) is 18.2 Å². The summed E-state index contributed by atoms with van der Waals surface area (Å²) in [6.07, 6.45) is 0. The van der Waals surface area contributed by atoms with Crippen LogP contribution >= 0.6 is 11.6 Å². The average molecular weight is 428 g/mol. The van der Waals surface area contributed by atoms with Crippen molar-refractivity contribution in [3.8, 4) is 22.8 Å². The fraction of sp³-hybridized carbons (Fsp3) is 0.261. The van der Waals surface area contributed by atoms with E-state index in [1.54, 1.807) is 49.1 Å². The summed E-state index contributed by atoms with van der Waals surface area (Å²) in [5.41, 5.74) is 1.39. The van der Waals surface area contributed by atoms with E-state index in [9.17, 15) is 9.90 Å². The summed E-state index contributed by atoms with van der Waals surface area (Å²) in [6, 6.07) is 14.4. The molecule has 2 aromatic carbocycles. The molecule has 0 unspecified atom stereocenters. The Morgan fingerprint density at radius 1 is 1.13 bits per heavy atom. The number of halogens is 1. The second-order valence-corrected chi connectivity index (χ2v) is 8.24. The average Bonchev–Trinajstić information content (AvgIpc) is 3.26. The Hall–Kier alpha value is -2.96. The highest BCUT2D eigenvalue weighted by atomic mass is 35.5. The van der Waals surface area contributed by atoms with Crippen molar-refractivity contribution in [2.45, 2.75) is 26.0 Å². The molecule has 0 radical (unpaired) electrons. The Morgan fingerprint density at radius 3 is 2.50 bits per heavy atom. The van der Waals surface area contributed by atoms with Crippen molar-refractivity contribution in [2.75, 3.05) is 18.6 Å². The summed E-state index contributed by atoms with van der Waals surface area (Å²) in [6.45, 7) is 3.84. The van der Waals surface area contributed by atoms with E-state index < -0.39 is 5.60 Å². The van der Waals surface area contributed by atoms with Gasteiger partial charge in [0, 0.05) is 27.9 Å². The molecular weight excluding hydrogens is 406 g/mol. The van der Waals surface area contributed by atoms with Gasteiger partial charge in [0.15, 0.2) is 17.3 Å². The fourth-order valence-corrected chi connectivity index (χ4v) is 3.38. The molecule has 0 spiro atoms. The number of hydrogen-bond donors (Lipinski definition) is 1. The van der Waals surface area contributed by atoms with Crippen LogP contribution in [0.5, 0.6) is 11.5 Å². The third kappa shape index (κ3) is 4.01. The van der Waals surface area contributed by atoms with Gasteiger partial charge >= 0.3 is 0 Å². The molecule has 2 heterocycles. The van der Waals surface area contributed by atoms with Gasteiger partial charge in [-0.3, -0.25) is 4.79 Å². The van der Waals surface area contributed by atoms with E-state index in [0.29, 0.717) is 40.3 Å². The third-order valence-corrected chi connectivity index (χ3v) is 5.00. The van der Waals surface area contributed by atoms with Gasteiger partial charge in [0.05, 0.1) is 19.3 Å². The maximum absolute atomic E-state index is 12.9. The smallest absolute Gasteiger partial charge is 0.294 e. The van der Waals surface area contributed by atoms with Crippen LogP contribution in [-0.4, -0.2) is 30.3 Å². The van der Waals surface area contributed by atoms with Gasteiger partial charge in [-0.2, -0.15) is 0 Å². The lowest BCUT2D eigenvalue weighted by Gasteiger charge is -2.21. The minimum absolute atomic E-state index is 0.118. The summed E-state index contributed by atoms with van der Waals surface area (Å²) >= 11 is 5.94. The molecule has 1 aliphatic rings. The summed E-state index contributed by atoms with van der Waals surface area (Å²) in [5, 5.41) is 10.5. The van der Waals surface area contributed by atoms with E-state index in [-0.39, 0.29) is 12.5 Å². The van der Waals surface area contributed by atoms with Crippen LogP contribution in [0.2, 0.25) is 5.02 Å². The van der Waals surface area contributed by atoms with Crippen LogP contribution in [0.25, 0.3) is 11.3 Å². The largest absolute Gasteiger partial charge is 0.493 e. The van der Waals surface area contributed by atoms with E-state index in [0.717, 1.165) is 11.1 Å². The van der Waals surface area contributed by atoms with Crippen LogP contribution in [0.1, 0.15) is 30.0 Å². The topological polar surface area (TPSA) is 72.1 Å². The summed E-state index contributed by atoms with van der Waals surface area (Å²) in [7, 11) is 1.53. The van der Waals surface area contributed by atoms with Crippen molar-refractivity contribution >= 4 is 23.2 Å². The summed E-state index contributed by atoms with van der Waals surface area (Å²) in [4.78, 5) is 14.6. The predicted octanol–water partition coefficient (Wildman–Crippen LogP) is 4.92. The predicted molar refractivity (Wildman–Crippen MR) is 114 cm³/mol. The number of furan rings is 1. The lowest BCUT2D eigenvalue weighted by molar-refractivity contribution is 0.0276.